The zero-order valence-corrected chi connectivity index (χ0v) is 11.7. The molecular weight excluding hydrogens is 278 g/mol. The molecule has 0 spiro atoms. The summed E-state index contributed by atoms with van der Waals surface area (Å²) >= 11 is 7.28. The fourth-order valence-corrected chi connectivity index (χ4v) is 3.07. The minimum Gasteiger partial charge on any atom is -0.387 e. The predicted octanol–water partition coefficient (Wildman–Crippen LogP) is 4.23. The molecule has 0 saturated heterocycles. The number of hydrogen-bond acceptors (Lipinski definition) is 3. The second-order valence-electron chi connectivity index (χ2n) is 4.36. The first kappa shape index (κ1) is 12.6. The van der Waals surface area contributed by atoms with Crippen molar-refractivity contribution in [3.05, 3.63) is 63.4 Å². The first-order chi connectivity index (χ1) is 9.22. The summed E-state index contributed by atoms with van der Waals surface area (Å²) < 4.78 is 0.695. The number of rotatable bonds is 3. The number of benzene rings is 1. The molecule has 0 aliphatic rings. The second kappa shape index (κ2) is 5.29. The van der Waals surface area contributed by atoms with Crippen LogP contribution in [0.3, 0.4) is 0 Å². The van der Waals surface area contributed by atoms with Gasteiger partial charge in [0.25, 0.3) is 0 Å². The summed E-state index contributed by atoms with van der Waals surface area (Å²) in [5.41, 5.74) is 1.84. The highest BCUT2D eigenvalue weighted by Gasteiger charge is 2.12. The van der Waals surface area contributed by atoms with Crippen LogP contribution in [0.2, 0.25) is 4.34 Å². The Morgan fingerprint density at radius 2 is 1.95 bits per heavy atom. The number of thiophene rings is 1. The van der Waals surface area contributed by atoms with Crippen LogP contribution in [0, 0.1) is 0 Å². The van der Waals surface area contributed by atoms with E-state index in [0.717, 1.165) is 21.5 Å². The number of fused-ring (bicyclic) bond motifs is 1. The molecule has 0 aliphatic heterocycles. The van der Waals surface area contributed by atoms with E-state index in [2.05, 4.69) is 4.98 Å². The minimum atomic E-state index is -0.550. The SMILES string of the molecule is OC(Cc1ccc2ccccc2n1)c1ccc(Cl)s1. The second-order valence-corrected chi connectivity index (χ2v) is 6.10. The third kappa shape index (κ3) is 2.78. The largest absolute Gasteiger partial charge is 0.387 e. The molecule has 2 aromatic heterocycles. The molecule has 0 saturated carbocycles. The first-order valence-electron chi connectivity index (χ1n) is 6.00. The summed E-state index contributed by atoms with van der Waals surface area (Å²) in [6.45, 7) is 0. The van der Waals surface area contributed by atoms with Gasteiger partial charge < -0.3 is 5.11 Å². The van der Waals surface area contributed by atoms with Crippen LogP contribution in [0.5, 0.6) is 0 Å². The number of nitrogens with zero attached hydrogens (tertiary/aromatic N) is 1. The lowest BCUT2D eigenvalue weighted by Crippen LogP contribution is -2.01. The predicted molar refractivity (Wildman–Crippen MR) is 79.7 cm³/mol. The van der Waals surface area contributed by atoms with Gasteiger partial charge in [-0.15, -0.1) is 11.3 Å². The molecule has 0 amide bonds. The van der Waals surface area contributed by atoms with E-state index < -0.39 is 6.10 Å². The van der Waals surface area contributed by atoms with Crippen molar-refractivity contribution in [1.29, 1.82) is 0 Å². The number of pyridine rings is 1. The van der Waals surface area contributed by atoms with E-state index in [1.165, 1.54) is 11.3 Å². The van der Waals surface area contributed by atoms with E-state index in [-0.39, 0.29) is 0 Å². The zero-order chi connectivity index (χ0) is 13.2. The quantitative estimate of drug-likeness (QED) is 0.783. The fourth-order valence-electron chi connectivity index (χ4n) is 2.03. The highest BCUT2D eigenvalue weighted by atomic mass is 35.5. The Bertz CT molecular complexity index is 710. The molecule has 3 rings (SSSR count). The number of aromatic nitrogens is 1. The van der Waals surface area contributed by atoms with Crippen molar-refractivity contribution in [2.45, 2.75) is 12.5 Å². The van der Waals surface area contributed by atoms with E-state index in [1.807, 2.05) is 42.5 Å². The summed E-state index contributed by atoms with van der Waals surface area (Å²) in [5.74, 6) is 0. The lowest BCUT2D eigenvalue weighted by molar-refractivity contribution is 0.181. The van der Waals surface area contributed by atoms with Crippen LogP contribution >= 0.6 is 22.9 Å². The maximum absolute atomic E-state index is 10.2. The molecule has 0 bridgehead atoms. The smallest absolute Gasteiger partial charge is 0.0937 e. The molecule has 4 heteroatoms. The summed E-state index contributed by atoms with van der Waals surface area (Å²) in [5, 5.41) is 11.3. The third-order valence-corrected chi connectivity index (χ3v) is 4.31. The number of aliphatic hydroxyl groups excluding tert-OH is 1. The van der Waals surface area contributed by atoms with Gasteiger partial charge in [0.2, 0.25) is 0 Å². The van der Waals surface area contributed by atoms with Gasteiger partial charge in [-0.05, 0) is 24.3 Å². The molecule has 1 aromatic carbocycles. The van der Waals surface area contributed by atoms with Crippen molar-refractivity contribution in [2.24, 2.45) is 0 Å². The average molecular weight is 290 g/mol. The monoisotopic (exact) mass is 289 g/mol. The lowest BCUT2D eigenvalue weighted by atomic mass is 10.1. The van der Waals surface area contributed by atoms with Gasteiger partial charge in [0.1, 0.15) is 0 Å². The highest BCUT2D eigenvalue weighted by molar-refractivity contribution is 7.16. The number of halogens is 1. The molecule has 1 unspecified atom stereocenters. The summed E-state index contributed by atoms with van der Waals surface area (Å²) in [4.78, 5) is 5.43. The van der Waals surface area contributed by atoms with Gasteiger partial charge >= 0.3 is 0 Å². The molecule has 0 fully saturated rings. The molecule has 1 atom stereocenters. The Morgan fingerprint density at radius 3 is 2.74 bits per heavy atom. The van der Waals surface area contributed by atoms with Gasteiger partial charge in [0, 0.05) is 22.4 Å². The summed E-state index contributed by atoms with van der Waals surface area (Å²) in [6, 6.07) is 15.6. The maximum atomic E-state index is 10.2. The van der Waals surface area contributed by atoms with E-state index >= 15 is 0 Å². The summed E-state index contributed by atoms with van der Waals surface area (Å²) in [6.07, 6.45) is -0.0482. The number of para-hydroxylation sites is 1. The molecule has 96 valence electrons. The lowest BCUT2D eigenvalue weighted by Gasteiger charge is -2.08. The van der Waals surface area contributed by atoms with Crippen LogP contribution in [0.25, 0.3) is 10.9 Å². The van der Waals surface area contributed by atoms with Crippen molar-refractivity contribution < 1.29 is 5.11 Å². The molecule has 19 heavy (non-hydrogen) atoms. The summed E-state index contributed by atoms with van der Waals surface area (Å²) in [7, 11) is 0. The first-order valence-corrected chi connectivity index (χ1v) is 7.20. The van der Waals surface area contributed by atoms with Gasteiger partial charge in [0.15, 0.2) is 0 Å². The number of aliphatic hydroxyl groups is 1. The van der Waals surface area contributed by atoms with Crippen molar-refractivity contribution in [2.75, 3.05) is 0 Å². The molecule has 0 aliphatic carbocycles. The molecule has 3 aromatic rings. The number of hydrogen-bond donors (Lipinski definition) is 1. The topological polar surface area (TPSA) is 33.1 Å². The van der Waals surface area contributed by atoms with Crippen molar-refractivity contribution in [3.8, 4) is 0 Å². The van der Waals surface area contributed by atoms with E-state index in [4.69, 9.17) is 11.6 Å². The Hall–Kier alpha value is -1.42. The Morgan fingerprint density at radius 1 is 1.11 bits per heavy atom. The minimum absolute atomic E-state index is 0.502. The van der Waals surface area contributed by atoms with E-state index in [1.54, 1.807) is 6.07 Å². The molecule has 0 radical (unpaired) electrons. The Kier molecular flexibility index (Phi) is 3.51. The van der Waals surface area contributed by atoms with Gasteiger partial charge in [-0.3, -0.25) is 4.98 Å². The Balaban J connectivity index is 1.84. The van der Waals surface area contributed by atoms with Gasteiger partial charge in [-0.2, -0.15) is 0 Å². The van der Waals surface area contributed by atoms with Crippen LogP contribution in [0.15, 0.2) is 48.5 Å². The normalized spacial score (nSPS) is 12.7. The standard InChI is InChI=1S/C15H12ClNOS/c16-15-8-7-14(19-15)13(18)9-11-6-5-10-3-1-2-4-12(10)17-11/h1-8,13,18H,9H2. The molecular formula is C15H12ClNOS. The fraction of sp³-hybridized carbons (Fsp3) is 0.133. The zero-order valence-electron chi connectivity index (χ0n) is 10.1. The average Bonchev–Trinajstić information content (AvgIpc) is 2.85. The van der Waals surface area contributed by atoms with E-state index in [0.29, 0.717) is 10.8 Å². The highest BCUT2D eigenvalue weighted by Crippen LogP contribution is 2.28. The van der Waals surface area contributed by atoms with Gasteiger partial charge in [-0.25, -0.2) is 0 Å². The van der Waals surface area contributed by atoms with Crippen molar-refractivity contribution in [3.63, 3.8) is 0 Å². The van der Waals surface area contributed by atoms with Crippen molar-refractivity contribution >= 4 is 33.8 Å². The maximum Gasteiger partial charge on any atom is 0.0937 e. The van der Waals surface area contributed by atoms with Crippen LogP contribution < -0.4 is 0 Å². The molecule has 1 N–H and O–H groups in total. The Labute approximate surface area is 120 Å². The van der Waals surface area contributed by atoms with Crippen LogP contribution in [0.1, 0.15) is 16.7 Å². The van der Waals surface area contributed by atoms with Gasteiger partial charge in [-0.1, -0.05) is 35.9 Å². The van der Waals surface area contributed by atoms with Crippen LogP contribution in [-0.4, -0.2) is 10.1 Å². The van der Waals surface area contributed by atoms with Crippen LogP contribution in [-0.2, 0) is 6.42 Å². The van der Waals surface area contributed by atoms with Crippen LogP contribution in [0.4, 0.5) is 0 Å². The van der Waals surface area contributed by atoms with E-state index in [9.17, 15) is 5.11 Å². The third-order valence-electron chi connectivity index (χ3n) is 2.98. The van der Waals surface area contributed by atoms with Gasteiger partial charge in [0.05, 0.1) is 16.0 Å². The molecule has 2 heterocycles. The van der Waals surface area contributed by atoms with Crippen molar-refractivity contribution in [1.82, 2.24) is 4.98 Å². The molecule has 2 nitrogen and oxygen atoms in total.